The minimum atomic E-state index is 0.734. The van der Waals surface area contributed by atoms with E-state index in [9.17, 15) is 0 Å². The number of pyridine rings is 2. The zero-order valence-corrected chi connectivity index (χ0v) is 16.3. The molecule has 5 aromatic rings. The van der Waals surface area contributed by atoms with Gasteiger partial charge in [-0.25, -0.2) is 4.98 Å². The third kappa shape index (κ3) is 2.80. The third-order valence-corrected chi connectivity index (χ3v) is 5.73. The fraction of sp³-hybridized carbons (Fsp3) is 0.227. The predicted molar refractivity (Wildman–Crippen MR) is 116 cm³/mol. The number of hydrogen-bond donors (Lipinski definition) is 2. The van der Waals surface area contributed by atoms with Crippen molar-refractivity contribution in [2.75, 3.05) is 18.0 Å². The van der Waals surface area contributed by atoms with Gasteiger partial charge in [0.1, 0.15) is 17.0 Å². The zero-order chi connectivity index (χ0) is 19.9. The van der Waals surface area contributed by atoms with Crippen LogP contribution >= 0.6 is 0 Å². The molecule has 8 nitrogen and oxygen atoms in total. The van der Waals surface area contributed by atoms with Gasteiger partial charge in [-0.3, -0.25) is 20.1 Å². The van der Waals surface area contributed by atoms with E-state index in [1.54, 1.807) is 24.8 Å². The molecule has 0 aromatic carbocycles. The summed E-state index contributed by atoms with van der Waals surface area (Å²) in [4.78, 5) is 23.5. The quantitative estimate of drug-likeness (QED) is 0.479. The van der Waals surface area contributed by atoms with Crippen LogP contribution in [0.4, 0.5) is 5.69 Å². The molecule has 6 heterocycles. The van der Waals surface area contributed by atoms with Gasteiger partial charge >= 0.3 is 0 Å². The normalized spacial score (nSPS) is 14.6. The molecule has 8 heteroatoms. The summed E-state index contributed by atoms with van der Waals surface area (Å²) in [5.41, 5.74) is 6.28. The summed E-state index contributed by atoms with van der Waals surface area (Å²) in [7, 11) is 0. The molecule has 0 saturated carbocycles. The third-order valence-electron chi connectivity index (χ3n) is 5.73. The molecule has 0 spiro atoms. The summed E-state index contributed by atoms with van der Waals surface area (Å²) in [5.74, 6) is 0. The molecule has 30 heavy (non-hydrogen) atoms. The maximum absolute atomic E-state index is 4.56. The first kappa shape index (κ1) is 17.1. The highest BCUT2D eigenvalue weighted by atomic mass is 15.1. The smallest absolute Gasteiger partial charge is 0.139 e. The van der Waals surface area contributed by atoms with E-state index in [0.29, 0.717) is 0 Å². The van der Waals surface area contributed by atoms with E-state index in [4.69, 9.17) is 0 Å². The van der Waals surface area contributed by atoms with E-state index in [0.717, 1.165) is 57.8 Å². The van der Waals surface area contributed by atoms with Crippen molar-refractivity contribution in [3.05, 3.63) is 49.2 Å². The fourth-order valence-corrected chi connectivity index (χ4v) is 4.24. The highest BCUT2D eigenvalue weighted by Gasteiger charge is 2.18. The van der Waals surface area contributed by atoms with Gasteiger partial charge in [0.25, 0.3) is 0 Å². The van der Waals surface area contributed by atoms with Crippen LogP contribution in [0.25, 0.3) is 44.7 Å². The number of anilines is 1. The summed E-state index contributed by atoms with van der Waals surface area (Å²) in [6.07, 6.45) is 12.5. The second kappa shape index (κ2) is 6.91. The Morgan fingerprint density at radius 2 is 1.77 bits per heavy atom. The minimum Gasteiger partial charge on any atom is -0.371 e. The van der Waals surface area contributed by atoms with Gasteiger partial charge in [0, 0.05) is 48.1 Å². The van der Waals surface area contributed by atoms with Crippen LogP contribution in [0.3, 0.4) is 0 Å². The number of aromatic amines is 2. The minimum absolute atomic E-state index is 0.734. The van der Waals surface area contributed by atoms with Gasteiger partial charge in [-0.2, -0.15) is 5.10 Å². The van der Waals surface area contributed by atoms with Gasteiger partial charge in [0.2, 0.25) is 0 Å². The number of hydrogen-bond acceptors (Lipinski definition) is 6. The maximum atomic E-state index is 4.56. The number of rotatable bonds is 3. The van der Waals surface area contributed by atoms with E-state index in [2.05, 4.69) is 52.1 Å². The van der Waals surface area contributed by atoms with E-state index < -0.39 is 0 Å². The Kier molecular flexibility index (Phi) is 3.93. The Balaban J connectivity index is 1.47. The molecule has 0 bridgehead atoms. The number of fused-ring (bicyclic) bond motifs is 2. The number of aromatic nitrogens is 7. The Morgan fingerprint density at radius 3 is 2.63 bits per heavy atom. The van der Waals surface area contributed by atoms with Crippen LogP contribution in [0.5, 0.6) is 0 Å². The van der Waals surface area contributed by atoms with E-state index in [-0.39, 0.29) is 0 Å². The van der Waals surface area contributed by atoms with Crippen molar-refractivity contribution in [3.63, 3.8) is 0 Å². The molecule has 1 aliphatic heterocycles. The molecule has 1 saturated heterocycles. The Labute approximate surface area is 172 Å². The van der Waals surface area contributed by atoms with Crippen molar-refractivity contribution in [3.8, 4) is 22.8 Å². The maximum Gasteiger partial charge on any atom is 0.139 e. The Morgan fingerprint density at radius 1 is 0.833 bits per heavy atom. The number of nitrogens with zero attached hydrogens (tertiary/aromatic N) is 6. The van der Waals surface area contributed by atoms with Crippen molar-refractivity contribution in [2.24, 2.45) is 0 Å². The Bertz CT molecular complexity index is 1330. The van der Waals surface area contributed by atoms with Crippen LogP contribution in [0.15, 0.2) is 49.2 Å². The predicted octanol–water partition coefficient (Wildman–Crippen LogP) is 3.95. The van der Waals surface area contributed by atoms with E-state index in [1.807, 2.05) is 12.3 Å². The highest BCUT2D eigenvalue weighted by Crippen LogP contribution is 2.34. The lowest BCUT2D eigenvalue weighted by atomic mass is 10.1. The summed E-state index contributed by atoms with van der Waals surface area (Å²) in [5, 5.41) is 9.77. The molecule has 1 aliphatic rings. The van der Waals surface area contributed by atoms with Crippen LogP contribution in [-0.4, -0.2) is 48.2 Å². The van der Waals surface area contributed by atoms with Crippen LogP contribution in [-0.2, 0) is 0 Å². The topological polar surface area (TPSA) is 99.3 Å². The average molecular weight is 396 g/mol. The molecule has 0 unspecified atom stereocenters. The number of nitrogens with one attached hydrogen (secondary N) is 2. The molecule has 148 valence electrons. The second-order valence-electron chi connectivity index (χ2n) is 7.60. The summed E-state index contributed by atoms with van der Waals surface area (Å²) in [6.45, 7) is 2.19. The van der Waals surface area contributed by atoms with Gasteiger partial charge in [0.05, 0.1) is 29.3 Å². The molecule has 0 atom stereocenters. The standard InChI is InChI=1S/C22H20N8/c1-2-8-30(9-3-1)20-4-5-25-22-15(20)11-17(27-22)21-14-10-16(19-12-23-6-7-24-19)26-13-18(14)28-29-21/h4-7,10-13H,1-3,8-9H2,(H,25,27)(H,28,29). The van der Waals surface area contributed by atoms with Gasteiger partial charge < -0.3 is 9.88 Å². The molecule has 0 aliphatic carbocycles. The van der Waals surface area contributed by atoms with Crippen LogP contribution < -0.4 is 4.90 Å². The van der Waals surface area contributed by atoms with Gasteiger partial charge in [-0.15, -0.1) is 0 Å². The van der Waals surface area contributed by atoms with Gasteiger partial charge in [-0.05, 0) is 37.5 Å². The second-order valence-corrected chi connectivity index (χ2v) is 7.60. The summed E-state index contributed by atoms with van der Waals surface area (Å²) >= 11 is 0. The average Bonchev–Trinajstić information content (AvgIpc) is 3.43. The first-order valence-electron chi connectivity index (χ1n) is 10.2. The monoisotopic (exact) mass is 396 g/mol. The highest BCUT2D eigenvalue weighted by molar-refractivity contribution is 5.99. The van der Waals surface area contributed by atoms with E-state index in [1.165, 1.54) is 24.9 Å². The SMILES string of the molecule is c1cnc(-c2cc3c(-c4cc5c(N6CCCCC6)ccnc5[nH]4)n[nH]c3cn2)cn1. The van der Waals surface area contributed by atoms with Crippen molar-refractivity contribution < 1.29 is 0 Å². The number of H-pyrrole nitrogens is 2. The molecule has 5 aromatic heterocycles. The van der Waals surface area contributed by atoms with Crippen molar-refractivity contribution >= 4 is 27.6 Å². The lowest BCUT2D eigenvalue weighted by Crippen LogP contribution is -2.29. The molecule has 0 radical (unpaired) electrons. The van der Waals surface area contributed by atoms with Crippen LogP contribution in [0.1, 0.15) is 19.3 Å². The summed E-state index contributed by atoms with van der Waals surface area (Å²) in [6, 6.07) is 6.27. The largest absolute Gasteiger partial charge is 0.371 e. The van der Waals surface area contributed by atoms with Crippen LogP contribution in [0, 0.1) is 0 Å². The van der Waals surface area contributed by atoms with Gasteiger partial charge in [0.15, 0.2) is 0 Å². The molecule has 0 amide bonds. The fourth-order valence-electron chi connectivity index (χ4n) is 4.24. The number of piperidine rings is 1. The lowest BCUT2D eigenvalue weighted by Gasteiger charge is -2.29. The molecular weight excluding hydrogens is 376 g/mol. The molecule has 6 rings (SSSR count). The van der Waals surface area contributed by atoms with Gasteiger partial charge in [-0.1, -0.05) is 0 Å². The van der Waals surface area contributed by atoms with Crippen molar-refractivity contribution in [2.45, 2.75) is 19.3 Å². The summed E-state index contributed by atoms with van der Waals surface area (Å²) < 4.78 is 0. The lowest BCUT2D eigenvalue weighted by molar-refractivity contribution is 0.579. The van der Waals surface area contributed by atoms with Crippen molar-refractivity contribution in [1.29, 1.82) is 0 Å². The molecule has 2 N–H and O–H groups in total. The first-order valence-corrected chi connectivity index (χ1v) is 10.2. The van der Waals surface area contributed by atoms with Crippen molar-refractivity contribution in [1.82, 2.24) is 35.1 Å². The first-order chi connectivity index (χ1) is 14.9. The molecule has 1 fully saturated rings. The zero-order valence-electron chi connectivity index (χ0n) is 16.3. The Hall–Kier alpha value is -3.81. The molecular formula is C22H20N8. The van der Waals surface area contributed by atoms with E-state index >= 15 is 0 Å². The van der Waals surface area contributed by atoms with Crippen LogP contribution in [0.2, 0.25) is 0 Å².